The summed E-state index contributed by atoms with van der Waals surface area (Å²) < 4.78 is 10.6. The third kappa shape index (κ3) is 6.46. The molecular formula is C25H30N4O4S2. The number of hydrogen-bond donors (Lipinski definition) is 4. The fourth-order valence-corrected chi connectivity index (χ4v) is 4.65. The van der Waals surface area contributed by atoms with Gasteiger partial charge in [0.05, 0.1) is 25.6 Å². The molecule has 0 bridgehead atoms. The molecule has 1 aliphatic rings. The van der Waals surface area contributed by atoms with Crippen molar-refractivity contribution in [1.82, 2.24) is 10.6 Å². The minimum Gasteiger partial charge on any atom is -0.495 e. The average Bonchev–Trinajstić information content (AvgIpc) is 2.81. The number of rotatable bonds is 7. The van der Waals surface area contributed by atoms with E-state index in [0.29, 0.717) is 29.3 Å². The van der Waals surface area contributed by atoms with E-state index in [4.69, 9.17) is 33.9 Å². The van der Waals surface area contributed by atoms with Gasteiger partial charge in [0.15, 0.2) is 10.2 Å². The lowest BCUT2D eigenvalue weighted by molar-refractivity contribution is -0.143. The molecule has 0 radical (unpaired) electrons. The second-order valence-electron chi connectivity index (χ2n) is 8.86. The van der Waals surface area contributed by atoms with E-state index in [2.05, 4.69) is 21.3 Å². The van der Waals surface area contributed by atoms with Crippen LogP contribution >= 0.6 is 24.4 Å². The first kappa shape index (κ1) is 26.4. The van der Waals surface area contributed by atoms with Crippen LogP contribution in [0.1, 0.15) is 26.7 Å². The van der Waals surface area contributed by atoms with E-state index in [1.54, 1.807) is 26.4 Å². The van der Waals surface area contributed by atoms with Gasteiger partial charge < -0.3 is 30.7 Å². The molecule has 2 aromatic carbocycles. The molecule has 4 N–H and O–H groups in total. The van der Waals surface area contributed by atoms with Gasteiger partial charge in [-0.15, -0.1) is 0 Å². The van der Waals surface area contributed by atoms with Crippen LogP contribution in [0.2, 0.25) is 0 Å². The van der Waals surface area contributed by atoms with E-state index in [-0.39, 0.29) is 45.7 Å². The number of para-hydroxylation sites is 4. The molecule has 10 heteroatoms. The molecule has 2 amide bonds. The Balaban J connectivity index is 1.48. The summed E-state index contributed by atoms with van der Waals surface area (Å²) >= 11 is 10.6. The SMILES string of the molecule is COc1ccccc1NC(=S)NC(=O)CC1CC(C(=O)NC(=S)Nc2ccccc2OC)C1(C)C. The number of ether oxygens (including phenoxy) is 2. The van der Waals surface area contributed by atoms with E-state index >= 15 is 0 Å². The molecule has 8 nitrogen and oxygen atoms in total. The van der Waals surface area contributed by atoms with Crippen molar-refractivity contribution in [2.45, 2.75) is 26.7 Å². The number of amides is 2. The molecule has 3 rings (SSSR count). The second kappa shape index (κ2) is 11.5. The monoisotopic (exact) mass is 514 g/mol. The minimum atomic E-state index is -0.376. The van der Waals surface area contributed by atoms with Crippen LogP contribution in [-0.4, -0.2) is 36.3 Å². The third-order valence-electron chi connectivity index (χ3n) is 6.42. The largest absolute Gasteiger partial charge is 0.495 e. The molecule has 2 atom stereocenters. The Morgan fingerprint density at radius 2 is 1.37 bits per heavy atom. The number of carbonyl (C=O) groups excluding carboxylic acids is 2. The van der Waals surface area contributed by atoms with Crippen LogP contribution < -0.4 is 30.7 Å². The number of thiocarbonyl (C=S) groups is 2. The first-order chi connectivity index (χ1) is 16.6. The molecule has 35 heavy (non-hydrogen) atoms. The van der Waals surface area contributed by atoms with Gasteiger partial charge in [-0.2, -0.15) is 0 Å². The Morgan fingerprint density at radius 1 is 0.886 bits per heavy atom. The zero-order valence-electron chi connectivity index (χ0n) is 20.1. The molecule has 2 unspecified atom stereocenters. The summed E-state index contributed by atoms with van der Waals surface area (Å²) in [5.74, 6) is 0.628. The molecule has 1 saturated carbocycles. The van der Waals surface area contributed by atoms with Crippen LogP contribution in [0.25, 0.3) is 0 Å². The number of methoxy groups -OCH3 is 2. The van der Waals surface area contributed by atoms with E-state index in [9.17, 15) is 9.59 Å². The zero-order valence-corrected chi connectivity index (χ0v) is 21.8. The van der Waals surface area contributed by atoms with Crippen LogP contribution in [0, 0.1) is 17.3 Å². The van der Waals surface area contributed by atoms with E-state index < -0.39 is 0 Å². The highest BCUT2D eigenvalue weighted by molar-refractivity contribution is 7.80. The highest BCUT2D eigenvalue weighted by Gasteiger charge is 2.52. The summed E-state index contributed by atoms with van der Waals surface area (Å²) in [5.41, 5.74) is 0.957. The molecule has 0 aromatic heterocycles. The van der Waals surface area contributed by atoms with Crippen LogP contribution in [0.5, 0.6) is 11.5 Å². The topological polar surface area (TPSA) is 101 Å². The third-order valence-corrected chi connectivity index (χ3v) is 6.83. The molecule has 2 aromatic rings. The lowest BCUT2D eigenvalue weighted by Gasteiger charge is -2.51. The molecule has 1 fully saturated rings. The van der Waals surface area contributed by atoms with Gasteiger partial charge in [-0.05, 0) is 66.5 Å². The zero-order chi connectivity index (χ0) is 25.6. The van der Waals surface area contributed by atoms with Crippen molar-refractivity contribution >= 4 is 57.8 Å². The van der Waals surface area contributed by atoms with E-state index in [1.165, 1.54) is 0 Å². The number of benzene rings is 2. The maximum Gasteiger partial charge on any atom is 0.229 e. The summed E-state index contributed by atoms with van der Waals surface area (Å²) in [6.07, 6.45) is 0.838. The Bertz CT molecular complexity index is 1120. The van der Waals surface area contributed by atoms with Gasteiger partial charge in [0.1, 0.15) is 11.5 Å². The van der Waals surface area contributed by atoms with Crippen LogP contribution in [-0.2, 0) is 9.59 Å². The first-order valence-electron chi connectivity index (χ1n) is 11.1. The normalized spacial score (nSPS) is 17.8. The number of carbonyl (C=O) groups is 2. The van der Waals surface area contributed by atoms with Gasteiger partial charge in [-0.1, -0.05) is 38.1 Å². The minimum absolute atomic E-state index is 0.0306. The summed E-state index contributed by atoms with van der Waals surface area (Å²) in [4.78, 5) is 25.4. The molecule has 1 aliphatic carbocycles. The van der Waals surface area contributed by atoms with Crippen molar-refractivity contribution in [3.63, 3.8) is 0 Å². The molecule has 0 saturated heterocycles. The highest BCUT2D eigenvalue weighted by atomic mass is 32.1. The standard InChI is InChI=1S/C25H30N4O4S2/c1-25(2)15(14-21(30)28-23(34)26-17-9-5-7-11-19(17)32-3)13-16(25)22(31)29-24(35)27-18-10-6-8-12-20(18)33-4/h5-12,15-16H,13-14H2,1-4H3,(H2,26,28,30,34)(H2,27,29,31,35). The fourth-order valence-electron chi connectivity index (χ4n) is 4.21. The Labute approximate surface area is 216 Å². The lowest BCUT2D eigenvalue weighted by Crippen LogP contribution is -2.55. The quantitative estimate of drug-likeness (QED) is 0.410. The van der Waals surface area contributed by atoms with Gasteiger partial charge in [0.2, 0.25) is 11.8 Å². The van der Waals surface area contributed by atoms with Crippen molar-refractivity contribution in [3.8, 4) is 11.5 Å². The van der Waals surface area contributed by atoms with Crippen LogP contribution in [0.15, 0.2) is 48.5 Å². The highest BCUT2D eigenvalue weighted by Crippen LogP contribution is 2.52. The van der Waals surface area contributed by atoms with E-state index in [0.717, 1.165) is 0 Å². The van der Waals surface area contributed by atoms with Crippen molar-refractivity contribution in [1.29, 1.82) is 0 Å². The van der Waals surface area contributed by atoms with Gasteiger partial charge in [-0.3, -0.25) is 9.59 Å². The lowest BCUT2D eigenvalue weighted by atomic mass is 9.53. The predicted octanol–water partition coefficient (Wildman–Crippen LogP) is 4.08. The summed E-state index contributed by atoms with van der Waals surface area (Å²) in [6.45, 7) is 3.97. The maximum absolute atomic E-state index is 12.9. The molecule has 0 aliphatic heterocycles. The smallest absolute Gasteiger partial charge is 0.229 e. The van der Waals surface area contributed by atoms with Gasteiger partial charge >= 0.3 is 0 Å². The van der Waals surface area contributed by atoms with Crippen molar-refractivity contribution in [2.75, 3.05) is 24.9 Å². The van der Waals surface area contributed by atoms with Gasteiger partial charge in [0, 0.05) is 12.3 Å². The van der Waals surface area contributed by atoms with Crippen molar-refractivity contribution in [3.05, 3.63) is 48.5 Å². The number of anilines is 2. The number of nitrogens with one attached hydrogen (secondary N) is 4. The van der Waals surface area contributed by atoms with Gasteiger partial charge in [0.25, 0.3) is 0 Å². The second-order valence-corrected chi connectivity index (χ2v) is 9.67. The summed E-state index contributed by atoms with van der Waals surface area (Å²) in [6, 6.07) is 14.6. The maximum atomic E-state index is 12.9. The molecule has 0 spiro atoms. The Hall–Kier alpha value is -3.24. The Kier molecular flexibility index (Phi) is 8.63. The molecular weight excluding hydrogens is 484 g/mol. The van der Waals surface area contributed by atoms with Crippen molar-refractivity contribution in [2.24, 2.45) is 17.3 Å². The van der Waals surface area contributed by atoms with Crippen molar-refractivity contribution < 1.29 is 19.1 Å². The van der Waals surface area contributed by atoms with Gasteiger partial charge in [-0.25, -0.2) is 0 Å². The average molecular weight is 515 g/mol. The van der Waals surface area contributed by atoms with Crippen LogP contribution in [0.4, 0.5) is 11.4 Å². The Morgan fingerprint density at radius 3 is 1.86 bits per heavy atom. The van der Waals surface area contributed by atoms with Crippen LogP contribution in [0.3, 0.4) is 0 Å². The first-order valence-corrected chi connectivity index (χ1v) is 12.0. The fraction of sp³-hybridized carbons (Fsp3) is 0.360. The summed E-state index contributed by atoms with van der Waals surface area (Å²) in [7, 11) is 3.13. The molecule has 186 valence electrons. The number of hydrogen-bond acceptors (Lipinski definition) is 6. The molecule has 0 heterocycles. The summed E-state index contributed by atoms with van der Waals surface area (Å²) in [5, 5.41) is 11.8. The van der Waals surface area contributed by atoms with E-state index in [1.807, 2.05) is 50.2 Å². The predicted molar refractivity (Wildman–Crippen MR) is 145 cm³/mol.